The Morgan fingerprint density at radius 1 is 0.841 bits per heavy atom. The molecule has 6 N–H and O–H groups in total. The van der Waals surface area contributed by atoms with Gasteiger partial charge in [-0.15, -0.1) is 10.2 Å². The predicted octanol–water partition coefficient (Wildman–Crippen LogP) is 6.24. The third kappa shape index (κ3) is 9.41. The molecule has 0 radical (unpaired) electrons. The van der Waals surface area contributed by atoms with Gasteiger partial charge in [-0.2, -0.15) is 13.2 Å². The highest BCUT2D eigenvalue weighted by molar-refractivity contribution is 7.89. The van der Waals surface area contributed by atoms with Crippen LogP contribution in [0.4, 0.5) is 13.2 Å². The average molecular weight is 886 g/mol. The molecule has 1 aliphatic carbocycles. The Hall–Kier alpha value is -7.45. The van der Waals surface area contributed by atoms with Gasteiger partial charge < -0.3 is 30.0 Å². The van der Waals surface area contributed by atoms with Gasteiger partial charge in [0.15, 0.2) is 5.43 Å². The lowest BCUT2D eigenvalue weighted by molar-refractivity contribution is -0.166. The summed E-state index contributed by atoms with van der Waals surface area (Å²) < 4.78 is 74.9. The summed E-state index contributed by atoms with van der Waals surface area (Å²) in [5.74, 6) is -3.76. The number of phenols is 1. The SMILES string of the molecule is NS(=O)(=O)c1ccc(C(=O)NCCCCC(NC(=O)c2ccc(-c3c4ccc(=O)cc-4oc4cc(O)ccc34)c(C(=O)O)c2)C(=O)OCc2ccc(C3(C(F)(F)F)N=N3)cc2)cc1. The van der Waals surface area contributed by atoms with Crippen LogP contribution in [0.1, 0.15) is 61.5 Å². The number of carboxylic acid groups (broad SMARTS) is 1. The zero-order chi connectivity index (χ0) is 45.3. The van der Waals surface area contributed by atoms with E-state index in [0.717, 1.165) is 18.2 Å². The van der Waals surface area contributed by atoms with Crippen molar-refractivity contribution in [1.29, 1.82) is 0 Å². The van der Waals surface area contributed by atoms with Gasteiger partial charge in [-0.1, -0.05) is 30.3 Å². The molecule has 0 saturated heterocycles. The molecule has 0 fully saturated rings. The minimum Gasteiger partial charge on any atom is -0.508 e. The number of carbonyl (C=O) groups is 4. The molecule has 0 aromatic heterocycles. The number of aromatic carboxylic acids is 1. The van der Waals surface area contributed by atoms with Crippen molar-refractivity contribution in [2.24, 2.45) is 15.4 Å². The summed E-state index contributed by atoms with van der Waals surface area (Å²) in [7, 11) is -3.97. The molecule has 0 saturated carbocycles. The number of esters is 1. The number of primary sulfonamides is 1. The van der Waals surface area contributed by atoms with Crippen molar-refractivity contribution in [3.05, 3.63) is 141 Å². The highest BCUT2D eigenvalue weighted by Gasteiger charge is 2.65. The van der Waals surface area contributed by atoms with E-state index in [1.807, 2.05) is 0 Å². The van der Waals surface area contributed by atoms with E-state index < -0.39 is 58.3 Å². The second kappa shape index (κ2) is 17.1. The number of carboxylic acids is 1. The van der Waals surface area contributed by atoms with Crippen molar-refractivity contribution in [3.8, 4) is 28.2 Å². The molecule has 2 heterocycles. The van der Waals surface area contributed by atoms with Crippen molar-refractivity contribution < 1.29 is 60.1 Å². The van der Waals surface area contributed by atoms with Crippen molar-refractivity contribution in [1.82, 2.24) is 10.6 Å². The number of sulfonamides is 1. The zero-order valence-electron chi connectivity index (χ0n) is 32.5. The summed E-state index contributed by atoms with van der Waals surface area (Å²) in [6.45, 7) is -0.293. The van der Waals surface area contributed by atoms with E-state index in [1.54, 1.807) is 0 Å². The summed E-state index contributed by atoms with van der Waals surface area (Å²) in [5.41, 5.74) is -2.26. The molecule has 1 unspecified atom stereocenters. The monoisotopic (exact) mass is 885 g/mol. The third-order valence-corrected chi connectivity index (χ3v) is 11.1. The Balaban J connectivity index is 1.09. The maximum absolute atomic E-state index is 13.8. The van der Waals surface area contributed by atoms with E-state index in [9.17, 15) is 55.8 Å². The molecule has 3 aliphatic rings. The fraction of sp³-hybridized carbons (Fsp3) is 0.186. The highest BCUT2D eigenvalue weighted by Crippen LogP contribution is 2.52. The first-order valence-electron chi connectivity index (χ1n) is 18.9. The number of ether oxygens (including phenoxy) is 1. The fourth-order valence-corrected chi connectivity index (χ4v) is 7.34. The molecule has 1 atom stereocenters. The second-order valence-electron chi connectivity index (χ2n) is 14.4. The molecule has 2 amide bonds. The standard InChI is InChI=1S/C43H34F3N5O11S/c44-43(45,46)42(50-51-42)26-9-4-23(5-10-26)22-61-41(58)34(3-1-2-18-48-38(54)24-6-13-29(14-7-24)63(47,59)60)49-39(55)25-8-15-30(33(19-25)40(56)57)37-31-16-11-27(52)20-35(31)62-36-21-28(53)12-17-32(36)37/h4-17,19-21,34,52H,1-3,18,22H2,(H,48,54)(H,49,55)(H,56,57)(H2,47,59,60). The number of alkyl halides is 3. The van der Waals surface area contributed by atoms with Crippen LogP contribution in [0.5, 0.6) is 5.75 Å². The number of phenolic OH excluding ortho intramolecular Hbond substituents is 1. The maximum Gasteiger partial charge on any atom is 0.442 e. The molecule has 63 heavy (non-hydrogen) atoms. The van der Waals surface area contributed by atoms with Crippen LogP contribution in [-0.4, -0.2) is 61.1 Å². The molecule has 4 aromatic carbocycles. The van der Waals surface area contributed by atoms with Gasteiger partial charge in [0.1, 0.15) is 29.7 Å². The summed E-state index contributed by atoms with van der Waals surface area (Å²) >= 11 is 0. The summed E-state index contributed by atoms with van der Waals surface area (Å²) in [6.07, 6.45) is -4.27. The molecule has 0 bridgehead atoms. The van der Waals surface area contributed by atoms with E-state index in [4.69, 9.17) is 14.3 Å². The van der Waals surface area contributed by atoms with Crippen LogP contribution < -0.4 is 21.2 Å². The van der Waals surface area contributed by atoms with Crippen LogP contribution in [0.3, 0.4) is 0 Å². The van der Waals surface area contributed by atoms with Crippen molar-refractivity contribution >= 4 is 44.7 Å². The number of benzene rings is 5. The number of carbonyl (C=O) groups excluding carboxylic acids is 3. The summed E-state index contributed by atoms with van der Waals surface area (Å²) in [6, 6.07) is 20.5. The number of aromatic hydroxyl groups is 1. The molecule has 2 aliphatic heterocycles. The lowest BCUT2D eigenvalue weighted by Gasteiger charge is -2.19. The molecule has 16 nitrogen and oxygen atoms in total. The van der Waals surface area contributed by atoms with Crippen LogP contribution >= 0.6 is 0 Å². The number of unbranched alkanes of at least 4 members (excludes halogenated alkanes) is 1. The molecule has 20 heteroatoms. The van der Waals surface area contributed by atoms with Crippen LogP contribution in [0.25, 0.3) is 33.4 Å². The van der Waals surface area contributed by atoms with Gasteiger partial charge in [0.25, 0.3) is 11.8 Å². The number of hydrogen-bond acceptors (Lipinski definition) is 12. The lowest BCUT2D eigenvalue weighted by Crippen LogP contribution is -2.42. The Morgan fingerprint density at radius 2 is 1.52 bits per heavy atom. The molecule has 324 valence electrons. The fourth-order valence-electron chi connectivity index (χ4n) is 6.82. The lowest BCUT2D eigenvalue weighted by atomic mass is 9.89. The number of amides is 2. The average Bonchev–Trinajstić information content (AvgIpc) is 4.07. The van der Waals surface area contributed by atoms with Crippen LogP contribution in [-0.2, 0) is 31.8 Å². The molecule has 0 spiro atoms. The first-order chi connectivity index (χ1) is 29.8. The molecule has 4 aromatic rings. The largest absolute Gasteiger partial charge is 0.508 e. The van der Waals surface area contributed by atoms with Crippen molar-refractivity contribution in [3.63, 3.8) is 0 Å². The van der Waals surface area contributed by atoms with Gasteiger partial charge in [-0.25, -0.2) is 23.1 Å². The van der Waals surface area contributed by atoms with Crippen LogP contribution in [0.15, 0.2) is 127 Å². The van der Waals surface area contributed by atoms with E-state index in [-0.39, 0.29) is 81.0 Å². The number of halogens is 3. The smallest absolute Gasteiger partial charge is 0.442 e. The molecule has 7 rings (SSSR count). The number of nitrogens with two attached hydrogens (primary N) is 1. The number of hydrogen-bond donors (Lipinski definition) is 5. The third-order valence-electron chi connectivity index (χ3n) is 10.1. The molecular formula is C43H34F3N5O11S. The Labute approximate surface area is 354 Å². The molecular weight excluding hydrogens is 852 g/mol. The number of rotatable bonds is 15. The highest BCUT2D eigenvalue weighted by atomic mass is 32.2. The number of nitrogens with one attached hydrogen (secondary N) is 2. The van der Waals surface area contributed by atoms with Crippen molar-refractivity contribution in [2.75, 3.05) is 6.54 Å². The first-order valence-corrected chi connectivity index (χ1v) is 20.5. The van der Waals surface area contributed by atoms with Gasteiger partial charge in [0.2, 0.25) is 10.0 Å². The van der Waals surface area contributed by atoms with Crippen molar-refractivity contribution in [2.45, 2.75) is 48.6 Å². The van der Waals surface area contributed by atoms with Gasteiger partial charge in [0.05, 0.1) is 10.5 Å². The van der Waals surface area contributed by atoms with E-state index in [0.29, 0.717) is 22.1 Å². The minimum absolute atomic E-state index is 0.0382. The summed E-state index contributed by atoms with van der Waals surface area (Å²) in [4.78, 5) is 64.8. The van der Waals surface area contributed by atoms with Crippen LogP contribution in [0.2, 0.25) is 0 Å². The van der Waals surface area contributed by atoms with Crippen LogP contribution in [0, 0.1) is 0 Å². The predicted molar refractivity (Wildman–Crippen MR) is 217 cm³/mol. The first kappa shape index (κ1) is 43.6. The van der Waals surface area contributed by atoms with E-state index >= 15 is 0 Å². The number of nitrogens with zero attached hydrogens (tertiary/aromatic N) is 2. The maximum atomic E-state index is 13.8. The normalized spacial score (nSPS) is 13.7. The van der Waals surface area contributed by atoms with E-state index in [1.165, 1.54) is 84.9 Å². The Morgan fingerprint density at radius 3 is 2.17 bits per heavy atom. The topological polar surface area (TPSA) is 257 Å². The Kier molecular flexibility index (Phi) is 11.9. The van der Waals surface area contributed by atoms with E-state index in [2.05, 4.69) is 20.9 Å². The number of fused-ring (bicyclic) bond motifs is 2. The minimum atomic E-state index is -4.74. The van der Waals surface area contributed by atoms with Gasteiger partial charge in [-0.05, 0) is 91.1 Å². The zero-order valence-corrected chi connectivity index (χ0v) is 33.3. The second-order valence-corrected chi connectivity index (χ2v) is 16.0. The van der Waals surface area contributed by atoms with Gasteiger partial charge in [-0.3, -0.25) is 14.4 Å². The summed E-state index contributed by atoms with van der Waals surface area (Å²) in [5, 5.41) is 37.6. The Bertz CT molecular complexity index is 2950. The van der Waals surface area contributed by atoms with Gasteiger partial charge >= 0.3 is 23.8 Å². The van der Waals surface area contributed by atoms with Gasteiger partial charge in [0, 0.05) is 51.9 Å². The quantitative estimate of drug-likeness (QED) is 0.0438.